The fourth-order valence-electron chi connectivity index (χ4n) is 4.23. The molecule has 7 nitrogen and oxygen atoms in total. The molecule has 0 fully saturated rings. The van der Waals surface area contributed by atoms with Gasteiger partial charge in [-0.15, -0.1) is 5.10 Å². The zero-order chi connectivity index (χ0) is 26.5. The lowest BCUT2D eigenvalue weighted by Crippen LogP contribution is -2.09. The van der Waals surface area contributed by atoms with Crippen molar-refractivity contribution in [2.45, 2.75) is 20.0 Å². The monoisotopic (exact) mass is 502 g/mol. The van der Waals surface area contributed by atoms with E-state index in [2.05, 4.69) is 10.2 Å². The first kappa shape index (κ1) is 24.6. The van der Waals surface area contributed by atoms with Crippen molar-refractivity contribution in [1.82, 2.24) is 19.6 Å². The summed E-state index contributed by atoms with van der Waals surface area (Å²) in [4.78, 5) is 26.3. The maximum Gasteiger partial charge on any atom is 0.358 e. The summed E-state index contributed by atoms with van der Waals surface area (Å²) in [6, 6.07) is 28.4. The molecule has 7 heteroatoms. The van der Waals surface area contributed by atoms with Crippen molar-refractivity contribution in [2.24, 2.45) is 0 Å². The first-order chi connectivity index (χ1) is 18.5. The number of rotatable bonds is 9. The molecular formula is C31H26N4O3. The summed E-state index contributed by atoms with van der Waals surface area (Å²) in [6.07, 6.45) is 5.79. The molecule has 0 atom stereocenters. The lowest BCUT2D eigenvalue weighted by molar-refractivity contribution is 0.0690. The van der Waals surface area contributed by atoms with Gasteiger partial charge in [-0.3, -0.25) is 4.79 Å². The molecule has 0 spiro atoms. The molecule has 188 valence electrons. The van der Waals surface area contributed by atoms with Gasteiger partial charge in [-0.05, 0) is 36.2 Å². The van der Waals surface area contributed by atoms with Gasteiger partial charge in [-0.25, -0.2) is 4.79 Å². The number of carbonyl (C=O) groups is 2. The number of aromatic carboxylic acids is 1. The fraction of sp³-hybridized carbons (Fsp3) is 0.0968. The van der Waals surface area contributed by atoms with Crippen molar-refractivity contribution < 1.29 is 14.7 Å². The van der Waals surface area contributed by atoms with Gasteiger partial charge in [0.25, 0.3) is 0 Å². The minimum Gasteiger partial charge on any atom is -0.476 e. The van der Waals surface area contributed by atoms with Gasteiger partial charge in [0.15, 0.2) is 5.69 Å². The topological polar surface area (TPSA) is 90.0 Å². The number of carboxylic acids is 1. The molecule has 0 aliphatic carbocycles. The summed E-state index contributed by atoms with van der Waals surface area (Å²) < 4.78 is 1.90. The summed E-state index contributed by atoms with van der Waals surface area (Å²) in [5, 5.41) is 18.4. The zero-order valence-electron chi connectivity index (χ0n) is 20.9. The average molecular weight is 503 g/mol. The molecule has 2 aromatic heterocycles. The SMILES string of the molecule is Cc1ccc(C(=O)c2cccn2C/C=C/c2cccc(-c3nn(Cc4ccccc4)nc3C(=O)O)c2)cc1. The van der Waals surface area contributed by atoms with Crippen LogP contribution in [-0.4, -0.2) is 36.4 Å². The van der Waals surface area contributed by atoms with Crippen LogP contribution in [0.25, 0.3) is 17.3 Å². The second kappa shape index (κ2) is 10.9. The van der Waals surface area contributed by atoms with Gasteiger partial charge in [0, 0.05) is 23.9 Å². The predicted molar refractivity (Wildman–Crippen MR) is 146 cm³/mol. The molecule has 0 unspecified atom stereocenters. The lowest BCUT2D eigenvalue weighted by Gasteiger charge is -2.06. The van der Waals surface area contributed by atoms with Gasteiger partial charge < -0.3 is 9.67 Å². The fourth-order valence-corrected chi connectivity index (χ4v) is 4.23. The molecule has 0 radical (unpaired) electrons. The Hall–Kier alpha value is -5.04. The van der Waals surface area contributed by atoms with Crippen molar-refractivity contribution in [3.63, 3.8) is 0 Å². The van der Waals surface area contributed by atoms with Crippen LogP contribution < -0.4 is 0 Å². The van der Waals surface area contributed by atoms with Crippen molar-refractivity contribution in [3.8, 4) is 11.3 Å². The highest BCUT2D eigenvalue weighted by Gasteiger charge is 2.19. The molecule has 38 heavy (non-hydrogen) atoms. The van der Waals surface area contributed by atoms with Crippen molar-refractivity contribution >= 4 is 17.8 Å². The van der Waals surface area contributed by atoms with Crippen LogP contribution in [0.3, 0.4) is 0 Å². The van der Waals surface area contributed by atoms with Crippen LogP contribution in [0, 0.1) is 6.92 Å². The van der Waals surface area contributed by atoms with E-state index in [0.29, 0.717) is 35.6 Å². The lowest BCUT2D eigenvalue weighted by atomic mass is 10.1. The Balaban J connectivity index is 1.34. The second-order valence-corrected chi connectivity index (χ2v) is 8.99. The van der Waals surface area contributed by atoms with Gasteiger partial charge >= 0.3 is 5.97 Å². The van der Waals surface area contributed by atoms with Gasteiger partial charge in [0.2, 0.25) is 5.78 Å². The third-order valence-corrected chi connectivity index (χ3v) is 6.17. The Bertz CT molecular complexity index is 1610. The summed E-state index contributed by atoms with van der Waals surface area (Å²) in [6.45, 7) is 2.88. The maximum absolute atomic E-state index is 13.0. The molecule has 5 rings (SSSR count). The van der Waals surface area contributed by atoms with E-state index in [9.17, 15) is 14.7 Å². The number of carbonyl (C=O) groups excluding carboxylic acids is 1. The van der Waals surface area contributed by atoms with E-state index in [4.69, 9.17) is 0 Å². The number of hydrogen-bond acceptors (Lipinski definition) is 4. The quantitative estimate of drug-likeness (QED) is 0.259. The Kier molecular flexibility index (Phi) is 7.08. The molecule has 0 saturated carbocycles. The maximum atomic E-state index is 13.0. The van der Waals surface area contributed by atoms with Crippen molar-refractivity contribution in [1.29, 1.82) is 0 Å². The largest absolute Gasteiger partial charge is 0.476 e. The van der Waals surface area contributed by atoms with Gasteiger partial charge in [-0.1, -0.05) is 90.5 Å². The summed E-state index contributed by atoms with van der Waals surface area (Å²) in [7, 11) is 0. The van der Waals surface area contributed by atoms with E-state index in [1.54, 1.807) is 0 Å². The second-order valence-electron chi connectivity index (χ2n) is 8.99. The number of nitrogens with zero attached hydrogens (tertiary/aromatic N) is 4. The molecule has 0 aliphatic heterocycles. The molecule has 2 heterocycles. The molecule has 1 N–H and O–H groups in total. The van der Waals surface area contributed by atoms with E-state index < -0.39 is 5.97 Å². The normalized spacial score (nSPS) is 11.2. The smallest absolute Gasteiger partial charge is 0.358 e. The molecule has 5 aromatic rings. The van der Waals surface area contributed by atoms with Gasteiger partial charge in [-0.2, -0.15) is 9.90 Å². The minimum absolute atomic E-state index is 0.0230. The van der Waals surface area contributed by atoms with Crippen molar-refractivity contribution in [3.05, 3.63) is 137 Å². The Morgan fingerprint density at radius 1 is 0.895 bits per heavy atom. The number of benzene rings is 3. The Labute approximate surface area is 220 Å². The number of carboxylic acid groups (broad SMARTS) is 1. The number of hydrogen-bond donors (Lipinski definition) is 1. The highest BCUT2D eigenvalue weighted by Crippen LogP contribution is 2.23. The molecule has 0 saturated heterocycles. The predicted octanol–water partition coefficient (Wildman–Crippen LogP) is 5.75. The first-order valence-corrected chi connectivity index (χ1v) is 12.2. The highest BCUT2D eigenvalue weighted by molar-refractivity contribution is 6.08. The summed E-state index contributed by atoms with van der Waals surface area (Å²) >= 11 is 0. The molecule has 0 aliphatic rings. The standard InChI is InChI=1S/C31H26N4O3/c1-22-14-16-25(17-15-22)30(36)27-13-7-19-34(27)18-6-11-23-10-5-12-26(20-23)28-29(31(37)38)33-35(32-28)21-24-8-3-2-4-9-24/h2-17,19-20H,18,21H2,1H3,(H,37,38)/b11-6+. The van der Waals surface area contributed by atoms with Crippen LogP contribution >= 0.6 is 0 Å². The van der Waals surface area contributed by atoms with E-state index in [1.165, 1.54) is 4.80 Å². The molecule has 0 amide bonds. The van der Waals surface area contributed by atoms with Crippen LogP contribution in [0.2, 0.25) is 0 Å². The zero-order valence-corrected chi connectivity index (χ0v) is 20.9. The third kappa shape index (κ3) is 5.52. The Morgan fingerprint density at radius 2 is 1.68 bits per heavy atom. The van der Waals surface area contributed by atoms with Gasteiger partial charge in [0.05, 0.1) is 12.2 Å². The van der Waals surface area contributed by atoms with Gasteiger partial charge in [0.1, 0.15) is 5.69 Å². The van der Waals surface area contributed by atoms with Crippen LogP contribution in [0.15, 0.2) is 103 Å². The third-order valence-electron chi connectivity index (χ3n) is 6.17. The number of ketones is 1. The van der Waals surface area contributed by atoms with E-state index in [0.717, 1.165) is 16.7 Å². The van der Waals surface area contributed by atoms with Crippen LogP contribution in [0.1, 0.15) is 43.2 Å². The first-order valence-electron chi connectivity index (χ1n) is 12.2. The average Bonchev–Trinajstić information content (AvgIpc) is 3.57. The Morgan fingerprint density at radius 3 is 2.45 bits per heavy atom. The molecule has 0 bridgehead atoms. The summed E-state index contributed by atoms with van der Waals surface area (Å²) in [5.74, 6) is -1.15. The molecule has 3 aromatic carbocycles. The summed E-state index contributed by atoms with van der Waals surface area (Å²) in [5.41, 5.74) is 5.14. The van der Waals surface area contributed by atoms with Crippen LogP contribution in [0.5, 0.6) is 0 Å². The highest BCUT2D eigenvalue weighted by atomic mass is 16.4. The number of aromatic nitrogens is 4. The minimum atomic E-state index is -1.13. The van der Waals surface area contributed by atoms with E-state index in [1.807, 2.05) is 121 Å². The number of aryl methyl sites for hydroxylation is 1. The van der Waals surface area contributed by atoms with E-state index in [-0.39, 0.29) is 11.5 Å². The van der Waals surface area contributed by atoms with Crippen molar-refractivity contribution in [2.75, 3.05) is 0 Å². The van der Waals surface area contributed by atoms with Crippen LogP contribution in [-0.2, 0) is 13.1 Å². The molecular weight excluding hydrogens is 476 g/mol. The van der Waals surface area contributed by atoms with Crippen LogP contribution in [0.4, 0.5) is 0 Å². The number of allylic oxidation sites excluding steroid dienone is 1. The van der Waals surface area contributed by atoms with E-state index >= 15 is 0 Å².